The van der Waals surface area contributed by atoms with E-state index in [2.05, 4.69) is 20.2 Å². The molecule has 0 saturated carbocycles. The van der Waals surface area contributed by atoms with E-state index in [1.807, 2.05) is 31.3 Å². The number of aryl methyl sites for hydroxylation is 2. The Hall–Kier alpha value is -1.75. The predicted molar refractivity (Wildman–Crippen MR) is 92.3 cm³/mol. The van der Waals surface area contributed by atoms with Crippen LogP contribution in [0.3, 0.4) is 0 Å². The van der Waals surface area contributed by atoms with Crippen molar-refractivity contribution in [1.82, 2.24) is 14.9 Å². The number of rotatable bonds is 5. The highest BCUT2D eigenvalue weighted by Crippen LogP contribution is 2.33. The van der Waals surface area contributed by atoms with Gasteiger partial charge in [0, 0.05) is 35.9 Å². The predicted octanol–water partition coefficient (Wildman–Crippen LogP) is 3.92. The van der Waals surface area contributed by atoms with Gasteiger partial charge >= 0.3 is 0 Å². The second kappa shape index (κ2) is 7.68. The van der Waals surface area contributed by atoms with Crippen molar-refractivity contribution in [3.8, 4) is 0 Å². The van der Waals surface area contributed by atoms with Gasteiger partial charge in [-0.2, -0.15) is 0 Å². The zero-order valence-electron chi connectivity index (χ0n) is 13.6. The van der Waals surface area contributed by atoms with Gasteiger partial charge in [0.15, 0.2) is 0 Å². The fourth-order valence-corrected chi connectivity index (χ4v) is 4.07. The number of aromatic nitrogens is 2. The van der Waals surface area contributed by atoms with E-state index in [1.54, 1.807) is 11.3 Å². The zero-order valence-corrected chi connectivity index (χ0v) is 14.4. The molecule has 0 aromatic carbocycles. The molecule has 1 aliphatic rings. The van der Waals surface area contributed by atoms with Crippen molar-refractivity contribution < 1.29 is 4.79 Å². The molecule has 0 spiro atoms. The van der Waals surface area contributed by atoms with Gasteiger partial charge in [-0.3, -0.25) is 9.78 Å². The Morgan fingerprint density at radius 3 is 3.04 bits per heavy atom. The van der Waals surface area contributed by atoms with Gasteiger partial charge < -0.3 is 4.90 Å². The molecular weight excluding hydrogens is 306 g/mol. The smallest absolute Gasteiger partial charge is 0.223 e. The monoisotopic (exact) mass is 329 g/mol. The maximum Gasteiger partial charge on any atom is 0.223 e. The van der Waals surface area contributed by atoms with E-state index < -0.39 is 0 Å². The summed E-state index contributed by atoms with van der Waals surface area (Å²) in [6.07, 6.45) is 7.45. The standard InChI is InChI=1S/C18H23N3OS/c1-14-13-23-18(20-14)16-9-3-5-12-21(16)17(22)10-6-8-15-7-2-4-11-19-15/h2,4,7,11,13,16H,3,5-6,8-10,12H2,1H3/t16-/m1/s1. The first-order chi connectivity index (χ1) is 11.2. The van der Waals surface area contributed by atoms with Gasteiger partial charge in [0.05, 0.1) is 6.04 Å². The van der Waals surface area contributed by atoms with Crippen LogP contribution in [-0.4, -0.2) is 27.3 Å². The number of likely N-dealkylation sites (tertiary alicyclic amines) is 1. The first kappa shape index (κ1) is 16.1. The maximum atomic E-state index is 12.7. The molecule has 1 fully saturated rings. The molecule has 2 aromatic rings. The Balaban J connectivity index is 1.58. The van der Waals surface area contributed by atoms with E-state index in [9.17, 15) is 4.79 Å². The number of amides is 1. The average Bonchev–Trinajstić information content (AvgIpc) is 3.02. The largest absolute Gasteiger partial charge is 0.333 e. The van der Waals surface area contributed by atoms with Gasteiger partial charge in [-0.25, -0.2) is 4.98 Å². The van der Waals surface area contributed by atoms with Crippen LogP contribution in [0.2, 0.25) is 0 Å². The van der Waals surface area contributed by atoms with Crippen LogP contribution >= 0.6 is 11.3 Å². The molecule has 0 bridgehead atoms. The van der Waals surface area contributed by atoms with Gasteiger partial charge in [-0.1, -0.05) is 6.07 Å². The molecule has 1 saturated heterocycles. The van der Waals surface area contributed by atoms with Crippen LogP contribution < -0.4 is 0 Å². The van der Waals surface area contributed by atoms with Crippen LogP contribution in [0.15, 0.2) is 29.8 Å². The minimum absolute atomic E-state index is 0.185. The first-order valence-corrected chi connectivity index (χ1v) is 9.23. The summed E-state index contributed by atoms with van der Waals surface area (Å²) in [5.74, 6) is 0.262. The van der Waals surface area contributed by atoms with Crippen LogP contribution in [0.5, 0.6) is 0 Å². The minimum atomic E-state index is 0.185. The Bertz CT molecular complexity index is 641. The van der Waals surface area contributed by atoms with Crippen molar-refractivity contribution in [2.45, 2.75) is 51.5 Å². The van der Waals surface area contributed by atoms with Gasteiger partial charge in [-0.05, 0) is 51.2 Å². The molecule has 0 aliphatic carbocycles. The number of carbonyl (C=O) groups is 1. The maximum absolute atomic E-state index is 12.7. The molecule has 0 radical (unpaired) electrons. The van der Waals surface area contributed by atoms with Crippen molar-refractivity contribution in [1.29, 1.82) is 0 Å². The number of pyridine rings is 1. The number of carbonyl (C=O) groups excluding carboxylic acids is 1. The molecule has 0 N–H and O–H groups in total. The molecule has 4 nitrogen and oxygen atoms in total. The van der Waals surface area contributed by atoms with E-state index in [0.717, 1.165) is 48.6 Å². The highest BCUT2D eigenvalue weighted by molar-refractivity contribution is 7.09. The molecule has 2 aromatic heterocycles. The lowest BCUT2D eigenvalue weighted by molar-refractivity contribution is -0.135. The number of hydrogen-bond acceptors (Lipinski definition) is 4. The molecule has 0 unspecified atom stereocenters. The lowest BCUT2D eigenvalue weighted by Crippen LogP contribution is -2.38. The Labute approximate surface area is 141 Å². The Kier molecular flexibility index (Phi) is 5.39. The molecule has 5 heteroatoms. The van der Waals surface area contributed by atoms with Crippen LogP contribution in [-0.2, 0) is 11.2 Å². The zero-order chi connectivity index (χ0) is 16.1. The second-order valence-corrected chi connectivity index (χ2v) is 6.99. The second-order valence-electron chi connectivity index (χ2n) is 6.10. The van der Waals surface area contributed by atoms with Crippen molar-refractivity contribution >= 4 is 17.2 Å². The Morgan fingerprint density at radius 1 is 1.39 bits per heavy atom. The van der Waals surface area contributed by atoms with Crippen molar-refractivity contribution in [3.63, 3.8) is 0 Å². The molecule has 1 aliphatic heterocycles. The van der Waals surface area contributed by atoms with Crippen molar-refractivity contribution in [2.75, 3.05) is 6.54 Å². The van der Waals surface area contributed by atoms with Crippen LogP contribution in [0, 0.1) is 6.92 Å². The molecular formula is C18H23N3OS. The summed E-state index contributed by atoms with van der Waals surface area (Å²) in [7, 11) is 0. The highest BCUT2D eigenvalue weighted by Gasteiger charge is 2.29. The van der Waals surface area contributed by atoms with E-state index in [-0.39, 0.29) is 11.9 Å². The summed E-state index contributed by atoms with van der Waals surface area (Å²) in [6, 6.07) is 6.12. The van der Waals surface area contributed by atoms with Crippen LogP contribution in [0.1, 0.15) is 54.5 Å². The van der Waals surface area contributed by atoms with E-state index in [4.69, 9.17) is 0 Å². The average molecular weight is 329 g/mol. The molecule has 1 atom stereocenters. The topological polar surface area (TPSA) is 46.1 Å². The van der Waals surface area contributed by atoms with E-state index >= 15 is 0 Å². The Morgan fingerprint density at radius 2 is 2.30 bits per heavy atom. The molecule has 3 heterocycles. The third-order valence-corrected chi connectivity index (χ3v) is 5.36. The summed E-state index contributed by atoms with van der Waals surface area (Å²) >= 11 is 1.68. The summed E-state index contributed by atoms with van der Waals surface area (Å²) in [4.78, 5) is 23.6. The molecule has 1 amide bonds. The summed E-state index contributed by atoms with van der Waals surface area (Å²) in [5, 5.41) is 3.17. The number of hydrogen-bond donors (Lipinski definition) is 0. The van der Waals surface area contributed by atoms with Crippen molar-refractivity contribution in [3.05, 3.63) is 46.2 Å². The number of thiazole rings is 1. The summed E-state index contributed by atoms with van der Waals surface area (Å²) < 4.78 is 0. The molecule has 3 rings (SSSR count). The normalized spacial score (nSPS) is 18.1. The summed E-state index contributed by atoms with van der Waals surface area (Å²) in [5.41, 5.74) is 2.11. The van der Waals surface area contributed by atoms with E-state index in [0.29, 0.717) is 6.42 Å². The third kappa shape index (κ3) is 4.16. The fourth-order valence-electron chi connectivity index (χ4n) is 3.12. The van der Waals surface area contributed by atoms with Crippen molar-refractivity contribution in [2.24, 2.45) is 0 Å². The lowest BCUT2D eigenvalue weighted by Gasteiger charge is -2.34. The van der Waals surface area contributed by atoms with Crippen LogP contribution in [0.25, 0.3) is 0 Å². The molecule has 122 valence electrons. The summed E-state index contributed by atoms with van der Waals surface area (Å²) in [6.45, 7) is 2.88. The fraction of sp³-hybridized carbons (Fsp3) is 0.500. The minimum Gasteiger partial charge on any atom is -0.333 e. The van der Waals surface area contributed by atoms with Crippen LogP contribution in [0.4, 0.5) is 0 Å². The SMILES string of the molecule is Cc1csc([C@H]2CCCCN2C(=O)CCCc2ccccn2)n1. The number of piperidine rings is 1. The van der Waals surface area contributed by atoms with Gasteiger partial charge in [0.1, 0.15) is 5.01 Å². The quantitative estimate of drug-likeness (QED) is 0.835. The van der Waals surface area contributed by atoms with E-state index in [1.165, 1.54) is 6.42 Å². The highest BCUT2D eigenvalue weighted by atomic mass is 32.1. The lowest BCUT2D eigenvalue weighted by atomic mass is 10.0. The molecule has 23 heavy (non-hydrogen) atoms. The first-order valence-electron chi connectivity index (χ1n) is 8.35. The van der Waals surface area contributed by atoms with Gasteiger partial charge in [-0.15, -0.1) is 11.3 Å². The van der Waals surface area contributed by atoms with Gasteiger partial charge in [0.2, 0.25) is 5.91 Å². The van der Waals surface area contributed by atoms with Gasteiger partial charge in [0.25, 0.3) is 0 Å². The number of nitrogens with zero attached hydrogens (tertiary/aromatic N) is 3. The third-order valence-electron chi connectivity index (χ3n) is 4.29.